The van der Waals surface area contributed by atoms with E-state index in [0.29, 0.717) is 5.56 Å². The fraction of sp³-hybridized carbons (Fsp3) is 0.263. The molecule has 2 heterocycles. The summed E-state index contributed by atoms with van der Waals surface area (Å²) in [5.74, 6) is -2.30. The number of halogens is 2. The number of aliphatic hydroxyl groups is 1. The van der Waals surface area contributed by atoms with E-state index in [4.69, 9.17) is 42.8 Å². The summed E-state index contributed by atoms with van der Waals surface area (Å²) in [5.41, 5.74) is 5.70. The van der Waals surface area contributed by atoms with E-state index < -0.39 is 30.0 Å². The lowest BCUT2D eigenvalue weighted by Crippen LogP contribution is -2.31. The molecule has 7 nitrogen and oxygen atoms in total. The van der Waals surface area contributed by atoms with E-state index in [-0.39, 0.29) is 38.8 Å². The Bertz CT molecular complexity index is 1030. The van der Waals surface area contributed by atoms with E-state index >= 15 is 0 Å². The lowest BCUT2D eigenvalue weighted by atomic mass is 9.86. The van der Waals surface area contributed by atoms with Crippen LogP contribution in [0.1, 0.15) is 36.8 Å². The molecule has 0 amide bonds. The zero-order chi connectivity index (χ0) is 20.6. The van der Waals surface area contributed by atoms with Crippen LogP contribution in [0.5, 0.6) is 5.75 Å². The average molecular weight is 426 g/mol. The summed E-state index contributed by atoms with van der Waals surface area (Å²) in [7, 11) is 0. The van der Waals surface area contributed by atoms with Gasteiger partial charge in [0.25, 0.3) is 0 Å². The monoisotopic (exact) mass is 425 g/mol. The Morgan fingerprint density at radius 3 is 2.71 bits per heavy atom. The van der Waals surface area contributed by atoms with Gasteiger partial charge in [-0.2, -0.15) is 0 Å². The van der Waals surface area contributed by atoms with Crippen LogP contribution in [0, 0.1) is 0 Å². The van der Waals surface area contributed by atoms with Gasteiger partial charge in [0.05, 0.1) is 22.1 Å². The molecule has 28 heavy (non-hydrogen) atoms. The van der Waals surface area contributed by atoms with Gasteiger partial charge in [0, 0.05) is 6.07 Å². The van der Waals surface area contributed by atoms with Gasteiger partial charge in [-0.3, -0.25) is 4.79 Å². The first-order valence-electron chi connectivity index (χ1n) is 8.34. The summed E-state index contributed by atoms with van der Waals surface area (Å²) < 4.78 is 16.3. The number of aliphatic hydroxyl groups excluding tert-OH is 1. The van der Waals surface area contributed by atoms with Gasteiger partial charge in [-0.25, -0.2) is 4.79 Å². The van der Waals surface area contributed by atoms with Crippen LogP contribution in [0.4, 0.5) is 0 Å². The zero-order valence-corrected chi connectivity index (χ0v) is 16.5. The highest BCUT2D eigenvalue weighted by Crippen LogP contribution is 2.45. The number of benzene rings is 1. The molecule has 0 saturated carbocycles. The number of hydrogen-bond donors (Lipinski definition) is 2. The van der Waals surface area contributed by atoms with Crippen LogP contribution in [0.3, 0.4) is 0 Å². The standard InChI is InChI=1S/C19H17Cl2NO6/c1-8(2)26-19(25)14-13(10-4-3-5-11(20)15(10)21)17-16(28-18(14)22)12(24)6-9(7-23)27-17/h3-6,8,13,23H,7,22H2,1-2H3/t13-/m1/s1. The predicted molar refractivity (Wildman–Crippen MR) is 102 cm³/mol. The number of hydrogen-bond acceptors (Lipinski definition) is 7. The van der Waals surface area contributed by atoms with E-state index in [0.717, 1.165) is 6.07 Å². The van der Waals surface area contributed by atoms with E-state index in [1.807, 2.05) is 0 Å². The van der Waals surface area contributed by atoms with Crippen molar-refractivity contribution in [2.45, 2.75) is 32.5 Å². The van der Waals surface area contributed by atoms with Crippen molar-refractivity contribution in [1.29, 1.82) is 0 Å². The van der Waals surface area contributed by atoms with Gasteiger partial charge >= 0.3 is 5.97 Å². The number of fused-ring (bicyclic) bond motifs is 1. The Kier molecular flexibility index (Phi) is 5.69. The molecule has 0 bridgehead atoms. The fourth-order valence-corrected chi connectivity index (χ4v) is 3.31. The first-order valence-corrected chi connectivity index (χ1v) is 9.10. The van der Waals surface area contributed by atoms with Crippen LogP contribution in [-0.2, 0) is 16.1 Å². The van der Waals surface area contributed by atoms with E-state index in [2.05, 4.69) is 0 Å². The van der Waals surface area contributed by atoms with Gasteiger partial charge in [0.2, 0.25) is 17.1 Å². The van der Waals surface area contributed by atoms with E-state index in [1.165, 1.54) is 0 Å². The van der Waals surface area contributed by atoms with Crippen molar-refractivity contribution >= 4 is 29.2 Å². The summed E-state index contributed by atoms with van der Waals surface area (Å²) in [6.07, 6.45) is -0.430. The summed E-state index contributed by atoms with van der Waals surface area (Å²) in [6.45, 7) is 2.83. The summed E-state index contributed by atoms with van der Waals surface area (Å²) in [5, 5.41) is 9.81. The molecule has 1 aliphatic rings. The van der Waals surface area contributed by atoms with Gasteiger partial charge in [0.1, 0.15) is 17.9 Å². The number of carbonyl (C=O) groups excluding carboxylic acids is 1. The minimum atomic E-state index is -1.01. The highest BCUT2D eigenvalue weighted by molar-refractivity contribution is 6.42. The van der Waals surface area contributed by atoms with Crippen molar-refractivity contribution in [3.05, 3.63) is 73.1 Å². The smallest absolute Gasteiger partial charge is 0.340 e. The number of rotatable bonds is 4. The first-order chi connectivity index (χ1) is 13.2. The molecule has 9 heteroatoms. The third-order valence-corrected chi connectivity index (χ3v) is 4.85. The predicted octanol–water partition coefficient (Wildman–Crippen LogP) is 3.09. The van der Waals surface area contributed by atoms with E-state index in [9.17, 15) is 14.7 Å². The van der Waals surface area contributed by atoms with Crippen LogP contribution < -0.4 is 15.9 Å². The van der Waals surface area contributed by atoms with Gasteiger partial charge in [-0.05, 0) is 25.5 Å². The quantitative estimate of drug-likeness (QED) is 0.723. The lowest BCUT2D eigenvalue weighted by molar-refractivity contribution is -0.143. The normalized spacial score (nSPS) is 16.0. The number of carbonyl (C=O) groups is 1. The van der Waals surface area contributed by atoms with Crippen LogP contribution >= 0.6 is 23.2 Å². The summed E-state index contributed by atoms with van der Waals surface area (Å²) >= 11 is 12.5. The van der Waals surface area contributed by atoms with Gasteiger partial charge in [0.15, 0.2) is 5.76 Å². The van der Waals surface area contributed by atoms with Crippen molar-refractivity contribution < 1.29 is 23.8 Å². The number of nitrogens with two attached hydrogens (primary N) is 1. The van der Waals surface area contributed by atoms with Crippen LogP contribution in [0.15, 0.2) is 44.9 Å². The molecule has 0 aliphatic carbocycles. The molecule has 2 aromatic rings. The molecule has 0 spiro atoms. The molecule has 1 atom stereocenters. The maximum atomic E-state index is 12.8. The van der Waals surface area contributed by atoms with Crippen molar-refractivity contribution in [2.24, 2.45) is 5.73 Å². The molecule has 1 aromatic heterocycles. The molecule has 0 fully saturated rings. The minimum absolute atomic E-state index is 0.00690. The van der Waals surface area contributed by atoms with Gasteiger partial charge < -0.3 is 24.7 Å². The Morgan fingerprint density at radius 2 is 2.07 bits per heavy atom. The summed E-state index contributed by atoms with van der Waals surface area (Å²) in [4.78, 5) is 25.2. The third-order valence-electron chi connectivity index (χ3n) is 4.02. The molecule has 1 aromatic carbocycles. The number of ether oxygens (including phenoxy) is 2. The molecule has 3 rings (SSSR count). The maximum absolute atomic E-state index is 12.8. The Labute approximate surface area is 170 Å². The van der Waals surface area contributed by atoms with Crippen molar-refractivity contribution in [3.63, 3.8) is 0 Å². The second kappa shape index (κ2) is 7.87. The Morgan fingerprint density at radius 1 is 1.36 bits per heavy atom. The minimum Gasteiger partial charge on any atom is -0.459 e. The second-order valence-corrected chi connectivity index (χ2v) is 7.12. The van der Waals surface area contributed by atoms with Crippen molar-refractivity contribution in [2.75, 3.05) is 0 Å². The first kappa shape index (κ1) is 20.3. The van der Waals surface area contributed by atoms with Crippen LogP contribution in [-0.4, -0.2) is 17.2 Å². The topological polar surface area (TPSA) is 112 Å². The molecule has 0 radical (unpaired) electrons. The fourth-order valence-electron chi connectivity index (χ4n) is 2.89. The molecular weight excluding hydrogens is 409 g/mol. The Balaban J connectivity index is 2.31. The molecular formula is C19H17Cl2NO6. The molecule has 1 aliphatic heterocycles. The Hall–Kier alpha value is -2.48. The molecule has 148 valence electrons. The SMILES string of the molecule is CC(C)OC(=O)C1=C(N)Oc2c(oc(CO)cc2=O)[C@@H]1c1cccc(Cl)c1Cl. The van der Waals surface area contributed by atoms with Crippen molar-refractivity contribution in [1.82, 2.24) is 0 Å². The lowest BCUT2D eigenvalue weighted by Gasteiger charge is -2.28. The second-order valence-electron chi connectivity index (χ2n) is 6.34. The highest BCUT2D eigenvalue weighted by atomic mass is 35.5. The zero-order valence-electron chi connectivity index (χ0n) is 15.0. The molecule has 0 unspecified atom stereocenters. The van der Waals surface area contributed by atoms with E-state index in [1.54, 1.807) is 32.0 Å². The largest absolute Gasteiger partial charge is 0.459 e. The van der Waals surface area contributed by atoms with Gasteiger partial charge in [-0.15, -0.1) is 0 Å². The van der Waals surface area contributed by atoms with Crippen molar-refractivity contribution in [3.8, 4) is 5.75 Å². The van der Waals surface area contributed by atoms with Gasteiger partial charge in [-0.1, -0.05) is 35.3 Å². The van der Waals surface area contributed by atoms with Crippen LogP contribution in [0.2, 0.25) is 10.0 Å². The maximum Gasteiger partial charge on any atom is 0.340 e. The molecule has 0 saturated heterocycles. The summed E-state index contributed by atoms with van der Waals surface area (Å²) in [6, 6.07) is 5.91. The van der Waals surface area contributed by atoms with Crippen LogP contribution in [0.25, 0.3) is 0 Å². The highest BCUT2D eigenvalue weighted by Gasteiger charge is 2.40. The molecule has 3 N–H and O–H groups in total. The third kappa shape index (κ3) is 3.61. The number of esters is 1. The average Bonchev–Trinajstić information content (AvgIpc) is 2.63.